The van der Waals surface area contributed by atoms with Gasteiger partial charge in [0.2, 0.25) is 10.0 Å². The van der Waals surface area contributed by atoms with Crippen molar-refractivity contribution in [3.8, 4) is 0 Å². The van der Waals surface area contributed by atoms with Crippen LogP contribution in [-0.2, 0) is 16.6 Å². The van der Waals surface area contributed by atoms with Crippen molar-refractivity contribution in [2.24, 2.45) is 0 Å². The van der Waals surface area contributed by atoms with E-state index in [9.17, 15) is 8.42 Å². The summed E-state index contributed by atoms with van der Waals surface area (Å²) < 4.78 is 28.2. The largest absolute Gasteiger partial charge is 0.365 e. The standard InChI is InChI=1S/C24H29N5O2S/c1-18-15-19(2)24(20(3)16-18)32(30,31)29-13-11-28(12-14-29)23-10-9-22(26-27-23)25-17-21-7-5-4-6-8-21/h4-10,15-16H,11-14,17H2,1-3H3,(H,25,26). The smallest absolute Gasteiger partial charge is 0.243 e. The average molecular weight is 452 g/mol. The van der Waals surface area contributed by atoms with Crippen molar-refractivity contribution in [2.75, 3.05) is 36.4 Å². The Morgan fingerprint density at radius 1 is 0.875 bits per heavy atom. The summed E-state index contributed by atoms with van der Waals surface area (Å²) in [5.74, 6) is 1.47. The number of hydrogen-bond acceptors (Lipinski definition) is 6. The second kappa shape index (κ2) is 9.26. The molecular formula is C24H29N5O2S. The highest BCUT2D eigenvalue weighted by Crippen LogP contribution is 2.26. The maximum Gasteiger partial charge on any atom is 0.243 e. The molecule has 1 fully saturated rings. The molecule has 0 amide bonds. The lowest BCUT2D eigenvalue weighted by Gasteiger charge is -2.35. The lowest BCUT2D eigenvalue weighted by atomic mass is 10.1. The Labute approximate surface area is 190 Å². The van der Waals surface area contributed by atoms with Crippen LogP contribution in [0, 0.1) is 20.8 Å². The topological polar surface area (TPSA) is 78.4 Å². The molecule has 1 saturated heterocycles. The fraction of sp³-hybridized carbons (Fsp3) is 0.333. The predicted octanol–water partition coefficient (Wildman–Crippen LogP) is 3.52. The molecule has 1 aliphatic heterocycles. The summed E-state index contributed by atoms with van der Waals surface area (Å²) in [7, 11) is -3.53. The number of nitrogens with zero attached hydrogens (tertiary/aromatic N) is 4. The third-order valence-electron chi connectivity index (χ3n) is 5.73. The fourth-order valence-corrected chi connectivity index (χ4v) is 6.07. The van der Waals surface area contributed by atoms with Crippen LogP contribution < -0.4 is 10.2 Å². The summed E-state index contributed by atoms with van der Waals surface area (Å²) in [6, 6.07) is 17.8. The SMILES string of the molecule is Cc1cc(C)c(S(=O)(=O)N2CCN(c3ccc(NCc4ccccc4)nn3)CC2)c(C)c1. The molecule has 0 radical (unpaired) electrons. The highest BCUT2D eigenvalue weighted by atomic mass is 32.2. The van der Waals surface area contributed by atoms with Crippen molar-refractivity contribution >= 4 is 21.7 Å². The minimum Gasteiger partial charge on any atom is -0.365 e. The lowest BCUT2D eigenvalue weighted by Crippen LogP contribution is -2.49. The van der Waals surface area contributed by atoms with Gasteiger partial charge in [-0.2, -0.15) is 4.31 Å². The molecule has 1 N–H and O–H groups in total. The summed E-state index contributed by atoms with van der Waals surface area (Å²) in [6.07, 6.45) is 0. The van der Waals surface area contributed by atoms with Crippen LogP contribution in [-0.4, -0.2) is 49.1 Å². The van der Waals surface area contributed by atoms with Crippen LogP contribution in [0.3, 0.4) is 0 Å². The monoisotopic (exact) mass is 451 g/mol. The van der Waals surface area contributed by atoms with E-state index in [1.54, 1.807) is 4.31 Å². The predicted molar refractivity (Wildman–Crippen MR) is 127 cm³/mol. The maximum atomic E-state index is 13.3. The minimum atomic E-state index is -3.53. The maximum absolute atomic E-state index is 13.3. The van der Waals surface area contributed by atoms with Gasteiger partial charge in [-0.15, -0.1) is 10.2 Å². The second-order valence-electron chi connectivity index (χ2n) is 8.23. The lowest BCUT2D eigenvalue weighted by molar-refractivity contribution is 0.383. The normalized spacial score (nSPS) is 15.0. The molecule has 1 aromatic heterocycles. The number of hydrogen-bond donors (Lipinski definition) is 1. The van der Waals surface area contributed by atoms with Crippen LogP contribution in [0.4, 0.5) is 11.6 Å². The van der Waals surface area contributed by atoms with Gasteiger partial charge in [-0.05, 0) is 49.6 Å². The Morgan fingerprint density at radius 2 is 1.53 bits per heavy atom. The van der Waals surface area contributed by atoms with Gasteiger partial charge in [0.15, 0.2) is 5.82 Å². The van der Waals surface area contributed by atoms with E-state index in [0.29, 0.717) is 43.4 Å². The van der Waals surface area contributed by atoms with Gasteiger partial charge in [0.25, 0.3) is 0 Å². The van der Waals surface area contributed by atoms with Gasteiger partial charge in [0.05, 0.1) is 4.90 Å². The number of anilines is 2. The number of aryl methyl sites for hydroxylation is 3. The summed E-state index contributed by atoms with van der Waals surface area (Å²) in [5.41, 5.74) is 3.85. The summed E-state index contributed by atoms with van der Waals surface area (Å²) in [4.78, 5) is 2.51. The zero-order chi connectivity index (χ0) is 22.7. The van der Waals surface area contributed by atoms with E-state index in [4.69, 9.17) is 0 Å². The Kier molecular flexibility index (Phi) is 6.43. The van der Waals surface area contributed by atoms with Crippen LogP contribution in [0.1, 0.15) is 22.3 Å². The van der Waals surface area contributed by atoms with Crippen LogP contribution >= 0.6 is 0 Å². The highest BCUT2D eigenvalue weighted by molar-refractivity contribution is 7.89. The van der Waals surface area contributed by atoms with Gasteiger partial charge >= 0.3 is 0 Å². The van der Waals surface area contributed by atoms with E-state index < -0.39 is 10.0 Å². The number of aromatic nitrogens is 2. The summed E-state index contributed by atoms with van der Waals surface area (Å²) in [5, 5.41) is 11.9. The Morgan fingerprint density at radius 3 is 2.12 bits per heavy atom. The Balaban J connectivity index is 1.38. The van der Waals surface area contributed by atoms with Gasteiger partial charge in [-0.3, -0.25) is 0 Å². The molecule has 4 rings (SSSR count). The Hall–Kier alpha value is -2.97. The first kappa shape index (κ1) is 22.2. The highest BCUT2D eigenvalue weighted by Gasteiger charge is 2.31. The van der Waals surface area contributed by atoms with Crippen LogP contribution in [0.2, 0.25) is 0 Å². The van der Waals surface area contributed by atoms with Crippen molar-refractivity contribution in [2.45, 2.75) is 32.2 Å². The molecule has 0 aliphatic carbocycles. The molecule has 32 heavy (non-hydrogen) atoms. The second-order valence-corrected chi connectivity index (χ2v) is 10.1. The molecule has 2 heterocycles. The molecule has 7 nitrogen and oxygen atoms in total. The van der Waals surface area contributed by atoms with Crippen molar-refractivity contribution in [3.05, 3.63) is 76.9 Å². The van der Waals surface area contributed by atoms with Crippen molar-refractivity contribution in [1.82, 2.24) is 14.5 Å². The fourth-order valence-electron chi connectivity index (χ4n) is 4.24. The summed E-state index contributed by atoms with van der Waals surface area (Å²) in [6.45, 7) is 8.40. The molecule has 8 heteroatoms. The first-order valence-electron chi connectivity index (χ1n) is 10.8. The van der Waals surface area contributed by atoms with Crippen LogP contribution in [0.25, 0.3) is 0 Å². The minimum absolute atomic E-state index is 0.421. The Bertz CT molecular complexity index is 1150. The molecule has 0 bridgehead atoms. The molecule has 3 aromatic rings. The number of nitrogens with one attached hydrogen (secondary N) is 1. The zero-order valence-corrected chi connectivity index (χ0v) is 19.6. The van der Waals surface area contributed by atoms with Gasteiger partial charge in [-0.25, -0.2) is 8.42 Å². The van der Waals surface area contributed by atoms with Gasteiger partial charge in [-0.1, -0.05) is 48.0 Å². The van der Waals surface area contributed by atoms with E-state index >= 15 is 0 Å². The van der Waals surface area contributed by atoms with E-state index in [-0.39, 0.29) is 0 Å². The number of benzene rings is 2. The molecule has 0 spiro atoms. The molecule has 1 aliphatic rings. The third-order valence-corrected chi connectivity index (χ3v) is 7.94. The molecule has 0 unspecified atom stereocenters. The first-order valence-corrected chi connectivity index (χ1v) is 12.2. The summed E-state index contributed by atoms with van der Waals surface area (Å²) >= 11 is 0. The third kappa shape index (κ3) is 4.76. The zero-order valence-electron chi connectivity index (χ0n) is 18.7. The van der Waals surface area contributed by atoms with Crippen LogP contribution in [0.5, 0.6) is 0 Å². The molecule has 168 valence electrons. The number of sulfonamides is 1. The van der Waals surface area contributed by atoms with Crippen molar-refractivity contribution in [1.29, 1.82) is 0 Å². The van der Waals surface area contributed by atoms with E-state index in [1.165, 1.54) is 5.56 Å². The number of piperazine rings is 1. The quantitative estimate of drug-likeness (QED) is 0.618. The molecular weight excluding hydrogens is 422 g/mol. The van der Waals surface area contributed by atoms with Crippen molar-refractivity contribution in [3.63, 3.8) is 0 Å². The van der Waals surface area contributed by atoms with Gasteiger partial charge in [0.1, 0.15) is 5.82 Å². The average Bonchev–Trinajstić information content (AvgIpc) is 2.78. The van der Waals surface area contributed by atoms with Crippen molar-refractivity contribution < 1.29 is 8.42 Å². The van der Waals surface area contributed by atoms with Crippen LogP contribution in [0.15, 0.2) is 59.5 Å². The van der Waals surface area contributed by atoms with E-state index in [1.807, 2.05) is 63.2 Å². The first-order chi connectivity index (χ1) is 15.3. The number of rotatable bonds is 6. The molecule has 2 aromatic carbocycles. The van der Waals surface area contributed by atoms with E-state index in [0.717, 1.165) is 22.5 Å². The molecule has 0 atom stereocenters. The van der Waals surface area contributed by atoms with Gasteiger partial charge < -0.3 is 10.2 Å². The van der Waals surface area contributed by atoms with Gasteiger partial charge in [0, 0.05) is 32.7 Å². The molecule has 0 saturated carbocycles. The van der Waals surface area contributed by atoms with E-state index in [2.05, 4.69) is 32.5 Å².